The molecule has 0 aliphatic heterocycles. The lowest BCUT2D eigenvalue weighted by Crippen LogP contribution is -2.28. The Labute approximate surface area is 135 Å². The minimum atomic E-state index is -0.286. The average Bonchev–Trinajstić information content (AvgIpc) is 2.53. The van der Waals surface area contributed by atoms with Crippen molar-refractivity contribution in [1.82, 2.24) is 5.32 Å². The number of hydrogen-bond acceptors (Lipinski definition) is 3. The average molecular weight is 316 g/mol. The highest BCUT2D eigenvalue weighted by molar-refractivity contribution is 5.92. The second kappa shape index (κ2) is 8.29. The molecule has 23 heavy (non-hydrogen) atoms. The minimum Gasteiger partial charge on any atom is -0.489 e. The first-order valence-electron chi connectivity index (χ1n) is 7.51. The molecule has 1 amide bonds. The molecule has 2 aromatic carbocycles. The van der Waals surface area contributed by atoms with Crippen LogP contribution in [-0.4, -0.2) is 19.5 Å². The first-order valence-corrected chi connectivity index (χ1v) is 7.51. The molecule has 0 aliphatic rings. The Morgan fingerprint density at radius 1 is 1.22 bits per heavy atom. The van der Waals surface area contributed by atoms with Gasteiger partial charge >= 0.3 is 0 Å². The first-order chi connectivity index (χ1) is 11.1. The highest BCUT2D eigenvalue weighted by atomic mass is 19.1. The SMILES string of the molecule is CNCC(C)C(=O)Nc1cccc(OCc2cccc(F)c2)c1. The number of carbonyl (C=O) groups excluding carboxylic acids is 1. The number of hydrogen-bond donors (Lipinski definition) is 2. The maximum atomic E-state index is 13.1. The molecule has 0 spiro atoms. The zero-order chi connectivity index (χ0) is 16.7. The van der Waals surface area contributed by atoms with E-state index in [1.54, 1.807) is 36.4 Å². The number of nitrogens with one attached hydrogen (secondary N) is 2. The van der Waals surface area contributed by atoms with E-state index < -0.39 is 0 Å². The van der Waals surface area contributed by atoms with Gasteiger partial charge in [-0.3, -0.25) is 4.79 Å². The number of halogens is 1. The Morgan fingerprint density at radius 3 is 2.74 bits per heavy atom. The molecule has 0 aliphatic carbocycles. The molecule has 2 aromatic rings. The monoisotopic (exact) mass is 316 g/mol. The summed E-state index contributed by atoms with van der Waals surface area (Å²) in [4.78, 5) is 12.0. The maximum absolute atomic E-state index is 13.1. The summed E-state index contributed by atoms with van der Waals surface area (Å²) in [5, 5.41) is 5.83. The Hall–Kier alpha value is -2.40. The summed E-state index contributed by atoms with van der Waals surface area (Å²) in [7, 11) is 1.81. The Kier molecular flexibility index (Phi) is 6.11. The van der Waals surface area contributed by atoms with Gasteiger partial charge in [0.2, 0.25) is 5.91 Å². The summed E-state index contributed by atoms with van der Waals surface area (Å²) in [6, 6.07) is 13.4. The zero-order valence-electron chi connectivity index (χ0n) is 13.3. The first kappa shape index (κ1) is 17.0. The van der Waals surface area contributed by atoms with Gasteiger partial charge < -0.3 is 15.4 Å². The van der Waals surface area contributed by atoms with Crippen molar-refractivity contribution in [1.29, 1.82) is 0 Å². The van der Waals surface area contributed by atoms with E-state index in [0.29, 0.717) is 18.0 Å². The molecule has 0 saturated heterocycles. The van der Waals surface area contributed by atoms with Crippen LogP contribution in [0.2, 0.25) is 0 Å². The second-order valence-corrected chi connectivity index (χ2v) is 5.39. The summed E-state index contributed by atoms with van der Waals surface area (Å²) in [6.07, 6.45) is 0. The van der Waals surface area contributed by atoms with Crippen LogP contribution in [0.25, 0.3) is 0 Å². The lowest BCUT2D eigenvalue weighted by molar-refractivity contribution is -0.119. The number of amides is 1. The van der Waals surface area contributed by atoms with Crippen LogP contribution in [0.4, 0.5) is 10.1 Å². The van der Waals surface area contributed by atoms with Crippen molar-refractivity contribution in [3.8, 4) is 5.75 Å². The molecule has 0 saturated carbocycles. The topological polar surface area (TPSA) is 50.4 Å². The van der Waals surface area contributed by atoms with Gasteiger partial charge in [-0.05, 0) is 36.9 Å². The molecule has 4 nitrogen and oxygen atoms in total. The van der Waals surface area contributed by atoms with Gasteiger partial charge in [-0.15, -0.1) is 0 Å². The van der Waals surface area contributed by atoms with E-state index in [4.69, 9.17) is 4.74 Å². The van der Waals surface area contributed by atoms with Crippen LogP contribution in [0.3, 0.4) is 0 Å². The van der Waals surface area contributed by atoms with Crippen LogP contribution < -0.4 is 15.4 Å². The molecule has 122 valence electrons. The molecule has 2 N–H and O–H groups in total. The van der Waals surface area contributed by atoms with Crippen molar-refractivity contribution in [3.05, 3.63) is 59.9 Å². The molecule has 0 bridgehead atoms. The van der Waals surface area contributed by atoms with E-state index in [1.165, 1.54) is 12.1 Å². The van der Waals surface area contributed by atoms with E-state index >= 15 is 0 Å². The smallest absolute Gasteiger partial charge is 0.228 e. The van der Waals surface area contributed by atoms with Gasteiger partial charge in [-0.2, -0.15) is 0 Å². The highest BCUT2D eigenvalue weighted by Crippen LogP contribution is 2.19. The molecular formula is C18H21FN2O2. The fourth-order valence-electron chi connectivity index (χ4n) is 2.12. The van der Waals surface area contributed by atoms with Crippen LogP contribution in [0, 0.1) is 11.7 Å². The van der Waals surface area contributed by atoms with Gasteiger partial charge in [0, 0.05) is 24.2 Å². The Bertz CT molecular complexity index is 661. The van der Waals surface area contributed by atoms with Crippen molar-refractivity contribution in [2.75, 3.05) is 18.9 Å². The van der Waals surface area contributed by atoms with Crippen LogP contribution in [0.15, 0.2) is 48.5 Å². The summed E-state index contributed by atoms with van der Waals surface area (Å²) >= 11 is 0. The molecule has 0 heterocycles. The number of ether oxygens (including phenoxy) is 1. The second-order valence-electron chi connectivity index (χ2n) is 5.39. The van der Waals surface area contributed by atoms with Crippen molar-refractivity contribution < 1.29 is 13.9 Å². The van der Waals surface area contributed by atoms with E-state index in [-0.39, 0.29) is 24.2 Å². The summed E-state index contributed by atoms with van der Waals surface area (Å²) in [5.74, 6) is 0.150. The quantitative estimate of drug-likeness (QED) is 0.825. The standard InChI is InChI=1S/C18H21FN2O2/c1-13(11-20-2)18(22)21-16-7-4-8-17(10-16)23-12-14-5-3-6-15(19)9-14/h3-10,13,20H,11-12H2,1-2H3,(H,21,22). The molecule has 1 atom stereocenters. The fraction of sp³-hybridized carbons (Fsp3) is 0.278. The number of rotatable bonds is 7. The van der Waals surface area contributed by atoms with Crippen molar-refractivity contribution in [3.63, 3.8) is 0 Å². The summed E-state index contributed by atoms with van der Waals surface area (Å²) < 4.78 is 18.8. The Morgan fingerprint density at radius 2 is 2.00 bits per heavy atom. The largest absolute Gasteiger partial charge is 0.489 e. The highest BCUT2D eigenvalue weighted by Gasteiger charge is 2.12. The molecule has 0 radical (unpaired) electrons. The van der Waals surface area contributed by atoms with Gasteiger partial charge in [0.1, 0.15) is 18.2 Å². The van der Waals surface area contributed by atoms with Crippen LogP contribution in [-0.2, 0) is 11.4 Å². The molecule has 0 aromatic heterocycles. The van der Waals surface area contributed by atoms with Gasteiger partial charge in [0.25, 0.3) is 0 Å². The predicted molar refractivity (Wildman–Crippen MR) is 88.9 cm³/mol. The molecule has 0 fully saturated rings. The third kappa shape index (κ3) is 5.38. The summed E-state index contributed by atoms with van der Waals surface area (Å²) in [5.41, 5.74) is 1.43. The van der Waals surface area contributed by atoms with E-state index in [1.807, 2.05) is 14.0 Å². The van der Waals surface area contributed by atoms with Crippen LogP contribution in [0.1, 0.15) is 12.5 Å². The molecule has 2 rings (SSSR count). The van der Waals surface area contributed by atoms with E-state index in [2.05, 4.69) is 10.6 Å². The number of anilines is 1. The Balaban J connectivity index is 1.95. The lowest BCUT2D eigenvalue weighted by Gasteiger charge is -2.13. The number of carbonyl (C=O) groups is 1. The molecular weight excluding hydrogens is 295 g/mol. The van der Waals surface area contributed by atoms with Gasteiger partial charge in [-0.25, -0.2) is 4.39 Å². The van der Waals surface area contributed by atoms with E-state index in [9.17, 15) is 9.18 Å². The third-order valence-corrected chi connectivity index (χ3v) is 3.35. The van der Waals surface area contributed by atoms with E-state index in [0.717, 1.165) is 5.56 Å². The minimum absolute atomic E-state index is 0.0540. The van der Waals surface area contributed by atoms with Crippen LogP contribution in [0.5, 0.6) is 5.75 Å². The van der Waals surface area contributed by atoms with Gasteiger partial charge in [0.15, 0.2) is 0 Å². The molecule has 1 unspecified atom stereocenters. The van der Waals surface area contributed by atoms with Crippen molar-refractivity contribution in [2.45, 2.75) is 13.5 Å². The predicted octanol–water partition coefficient (Wildman–Crippen LogP) is 3.20. The van der Waals surface area contributed by atoms with Gasteiger partial charge in [0.05, 0.1) is 0 Å². The summed E-state index contributed by atoms with van der Waals surface area (Å²) in [6.45, 7) is 2.74. The van der Waals surface area contributed by atoms with Crippen LogP contribution >= 0.6 is 0 Å². The maximum Gasteiger partial charge on any atom is 0.228 e. The number of benzene rings is 2. The fourth-order valence-corrected chi connectivity index (χ4v) is 2.12. The molecule has 5 heteroatoms. The zero-order valence-corrected chi connectivity index (χ0v) is 13.3. The van der Waals surface area contributed by atoms with Crippen molar-refractivity contribution >= 4 is 11.6 Å². The lowest BCUT2D eigenvalue weighted by atomic mass is 10.1. The normalized spacial score (nSPS) is 11.8. The van der Waals surface area contributed by atoms with Crippen molar-refractivity contribution in [2.24, 2.45) is 5.92 Å². The third-order valence-electron chi connectivity index (χ3n) is 3.35. The van der Waals surface area contributed by atoms with Gasteiger partial charge in [-0.1, -0.05) is 25.1 Å².